The molecular weight excluding hydrogens is 434 g/mol. The van der Waals surface area contributed by atoms with Gasteiger partial charge >= 0.3 is 26.2 Å². The summed E-state index contributed by atoms with van der Waals surface area (Å²) < 4.78 is 1.53. The van der Waals surface area contributed by atoms with Crippen molar-refractivity contribution >= 4 is 87.5 Å². The number of hydrogen-bond acceptors (Lipinski definition) is 6. The van der Waals surface area contributed by atoms with E-state index in [4.69, 9.17) is 0 Å². The third-order valence-corrected chi connectivity index (χ3v) is 3.29. The van der Waals surface area contributed by atoms with Crippen LogP contribution in [0.1, 0.15) is 0 Å². The van der Waals surface area contributed by atoms with Crippen LogP contribution in [0.2, 0.25) is 0 Å². The van der Waals surface area contributed by atoms with Crippen LogP contribution in [0.3, 0.4) is 0 Å². The Morgan fingerprint density at radius 1 is 0.579 bits per heavy atom. The first-order valence-electron chi connectivity index (χ1n) is 4.58. The van der Waals surface area contributed by atoms with E-state index in [0.29, 0.717) is 13.0 Å². The molecule has 0 aromatic rings. The maximum absolute atomic E-state index is 4.56. The molecule has 0 saturated carbocycles. The second kappa shape index (κ2) is 17.3. The fourth-order valence-electron chi connectivity index (χ4n) is 0. The fourth-order valence-corrected chi connectivity index (χ4v) is 0. The molecule has 3 nitrogen and oxygen atoms in total. The van der Waals surface area contributed by atoms with E-state index >= 15 is 0 Å². The summed E-state index contributed by atoms with van der Waals surface area (Å²) in [5.41, 5.74) is 0. The average Bonchev–Trinajstić information content (AvgIpc) is 2.18. The Kier molecular flexibility index (Phi) is 25.8. The summed E-state index contributed by atoms with van der Waals surface area (Å²) in [6.45, 7) is 0. The molecule has 0 bridgehead atoms. The minimum Gasteiger partial charge on any atom is -0.411 e. The second-order valence-electron chi connectivity index (χ2n) is 3.48. The molecule has 0 aromatic heterocycles. The van der Waals surface area contributed by atoms with Gasteiger partial charge in [0.1, 0.15) is 0 Å². The van der Waals surface area contributed by atoms with Gasteiger partial charge < -0.3 is 89.2 Å². The van der Waals surface area contributed by atoms with Gasteiger partial charge in [0.2, 0.25) is 0 Å². The minimum atomic E-state index is 0. The first-order valence-corrected chi connectivity index (χ1v) is 7.03. The van der Waals surface area contributed by atoms with Gasteiger partial charge in [0.25, 0.3) is 0 Å². The molecule has 0 unspecified atom stereocenters. The summed E-state index contributed by atoms with van der Waals surface area (Å²) in [7, 11) is 11.0. The summed E-state index contributed by atoms with van der Waals surface area (Å²) >= 11 is 27.4. The number of hydrogen-bond donors (Lipinski definition) is 0. The van der Waals surface area contributed by atoms with Gasteiger partial charge in [0.15, 0.2) is 0 Å². The zero-order chi connectivity index (χ0) is 15.5. The largest absolute Gasteiger partial charge is 3.00 e. The average molecular weight is 452 g/mol. The van der Waals surface area contributed by atoms with Crippen molar-refractivity contribution in [2.75, 3.05) is 42.3 Å². The summed E-state index contributed by atoms with van der Waals surface area (Å²) in [5, 5.41) is 0. The zero-order valence-corrected chi connectivity index (χ0v) is 19.1. The van der Waals surface area contributed by atoms with Gasteiger partial charge in [-0.05, 0) is 0 Å². The van der Waals surface area contributed by atoms with Crippen molar-refractivity contribution in [2.24, 2.45) is 0 Å². The Labute approximate surface area is 169 Å². The molecule has 0 atom stereocenters. The third kappa shape index (κ3) is 32.6. The Hall–Kier alpha value is 1.21. The number of nitrogens with zero attached hydrogens (tertiary/aromatic N) is 3. The summed E-state index contributed by atoms with van der Waals surface area (Å²) in [6, 6.07) is 0. The van der Waals surface area contributed by atoms with Crippen molar-refractivity contribution in [3.8, 4) is 0 Å². The Morgan fingerprint density at radius 3 is 0.632 bits per heavy atom. The molecule has 19 heavy (non-hydrogen) atoms. The van der Waals surface area contributed by atoms with Crippen molar-refractivity contribution < 1.29 is 26.2 Å². The van der Waals surface area contributed by atoms with Crippen molar-refractivity contribution in [3.63, 3.8) is 0 Å². The molecule has 0 amide bonds. The normalized spacial score (nSPS) is 7.26. The molecule has 0 spiro atoms. The molecule has 109 valence electrons. The van der Waals surface area contributed by atoms with Crippen molar-refractivity contribution in [1.29, 1.82) is 0 Å². The smallest absolute Gasteiger partial charge is 0.411 e. The summed E-state index contributed by atoms with van der Waals surface area (Å²) in [4.78, 5) is 5.14. The van der Waals surface area contributed by atoms with E-state index in [0.717, 1.165) is 0 Å². The molecule has 0 rings (SSSR count). The molecule has 0 heterocycles. The number of thiocarbonyl (C=S) groups is 3. The van der Waals surface area contributed by atoms with Crippen LogP contribution >= 0.6 is 36.7 Å². The van der Waals surface area contributed by atoms with Gasteiger partial charge in [-0.3, -0.25) is 0 Å². The van der Waals surface area contributed by atoms with E-state index < -0.39 is 0 Å². The summed E-state index contributed by atoms with van der Waals surface area (Å²) in [6.07, 6.45) is 0. The molecule has 0 aromatic carbocycles. The van der Waals surface area contributed by atoms with Gasteiger partial charge in [-0.2, -0.15) is 0 Å². The fraction of sp³-hybridized carbons (Fsp3) is 0.667. The Balaban J connectivity index is -0.0000000865. The van der Waals surface area contributed by atoms with Gasteiger partial charge in [-0.25, -0.2) is 0 Å². The van der Waals surface area contributed by atoms with Gasteiger partial charge in [0, 0.05) is 42.3 Å². The SMILES string of the molecule is CN(C)C(=S)[S-].CN(C)C(=S)[S-].CN(C)C(=S)[S-].[Zr+3]. The van der Waals surface area contributed by atoms with E-state index in [1.165, 1.54) is 0 Å². The van der Waals surface area contributed by atoms with Crippen molar-refractivity contribution in [3.05, 3.63) is 0 Å². The molecule has 0 aliphatic heterocycles. The van der Waals surface area contributed by atoms with Crippen LogP contribution < -0.4 is 0 Å². The van der Waals surface area contributed by atoms with Crippen LogP contribution in [0.25, 0.3) is 0 Å². The first-order chi connectivity index (χ1) is 7.93. The molecule has 0 fully saturated rings. The maximum atomic E-state index is 4.56. The first kappa shape index (κ1) is 28.4. The van der Waals surface area contributed by atoms with Crippen LogP contribution in [0, 0.1) is 0 Å². The van der Waals surface area contributed by atoms with Crippen LogP contribution in [-0.4, -0.2) is 69.9 Å². The van der Waals surface area contributed by atoms with E-state index in [-0.39, 0.29) is 26.2 Å². The topological polar surface area (TPSA) is 9.72 Å². The molecule has 0 N–H and O–H groups in total. The molecule has 1 radical (unpaired) electrons. The van der Waals surface area contributed by atoms with Crippen molar-refractivity contribution in [1.82, 2.24) is 14.7 Å². The molecule has 0 saturated heterocycles. The van der Waals surface area contributed by atoms with Crippen LogP contribution in [0.15, 0.2) is 0 Å². The molecule has 0 aliphatic carbocycles. The maximum Gasteiger partial charge on any atom is 3.00 e. The van der Waals surface area contributed by atoms with Crippen LogP contribution in [0.5, 0.6) is 0 Å². The van der Waals surface area contributed by atoms with Crippen LogP contribution in [0.4, 0.5) is 0 Å². The monoisotopic (exact) mass is 450 g/mol. The zero-order valence-electron chi connectivity index (χ0n) is 11.8. The number of rotatable bonds is 0. The summed E-state index contributed by atoms with van der Waals surface area (Å²) in [5.74, 6) is 0. The predicted molar refractivity (Wildman–Crippen MR) is 101 cm³/mol. The van der Waals surface area contributed by atoms with E-state index in [9.17, 15) is 0 Å². The van der Waals surface area contributed by atoms with Crippen molar-refractivity contribution in [2.45, 2.75) is 0 Å². The second-order valence-corrected chi connectivity index (χ2v) is 6.58. The van der Waals surface area contributed by atoms with Gasteiger partial charge in [-0.1, -0.05) is 13.0 Å². The molecule has 10 heteroatoms. The standard InChI is InChI=1S/3C3H7NS2.Zr/c3*1-4(2)3(5)6;/h3*1-2H3,(H,5,6);/q;;;+3/p-3. The molecule has 0 aliphatic rings. The van der Waals surface area contributed by atoms with Gasteiger partial charge in [-0.15, -0.1) is 0 Å². The van der Waals surface area contributed by atoms with E-state index in [1.807, 2.05) is 42.3 Å². The Morgan fingerprint density at radius 2 is 0.632 bits per heavy atom. The molecular formula is C9H18N3S6Zr. The van der Waals surface area contributed by atoms with Gasteiger partial charge in [0.05, 0.1) is 0 Å². The van der Waals surface area contributed by atoms with E-state index in [2.05, 4.69) is 74.5 Å². The third-order valence-electron chi connectivity index (χ3n) is 1.10. The van der Waals surface area contributed by atoms with Crippen LogP contribution in [-0.2, 0) is 64.1 Å². The Bertz CT molecular complexity index is 228. The quantitative estimate of drug-likeness (QED) is 0.393. The van der Waals surface area contributed by atoms with E-state index in [1.54, 1.807) is 14.7 Å². The minimum absolute atomic E-state index is 0. The predicted octanol–water partition coefficient (Wildman–Crippen LogP) is 1.14.